The molecule has 0 heterocycles. The predicted molar refractivity (Wildman–Crippen MR) is 189 cm³/mol. The van der Waals surface area contributed by atoms with Gasteiger partial charge in [-0.1, -0.05) is 175 Å². The summed E-state index contributed by atoms with van der Waals surface area (Å²) in [6.45, 7) is 6.00. The minimum atomic E-state index is -4.74. The molecule has 0 spiro atoms. The molecule has 0 amide bonds. The highest BCUT2D eigenvalue weighted by atomic mass is 31.2. The van der Waals surface area contributed by atoms with Crippen LogP contribution in [-0.4, -0.2) is 41.0 Å². The molecule has 1 atom stereocenters. The van der Waals surface area contributed by atoms with Gasteiger partial charge in [0.05, 0.1) is 6.61 Å². The molecule has 0 fully saturated rings. The maximum atomic E-state index is 12.3. The first-order chi connectivity index (χ1) is 22.1. The average molecular weight is 677 g/mol. The summed E-state index contributed by atoms with van der Waals surface area (Å²) >= 11 is 0. The van der Waals surface area contributed by atoms with Gasteiger partial charge in [-0.3, -0.25) is 14.1 Å². The highest BCUT2D eigenvalue weighted by Crippen LogP contribution is 2.36. The topological polar surface area (TPSA) is 119 Å². The largest absolute Gasteiger partial charge is 0.469 e. The number of hydrogen-bond donors (Lipinski definition) is 2. The lowest BCUT2D eigenvalue weighted by molar-refractivity contribution is -0.161. The second-order valence-corrected chi connectivity index (χ2v) is 15.0. The third kappa shape index (κ3) is 35.9. The Morgan fingerprint density at radius 1 is 0.543 bits per heavy atom. The quantitative estimate of drug-likeness (QED) is 0.0387. The van der Waals surface area contributed by atoms with Crippen molar-refractivity contribution in [3.05, 3.63) is 0 Å². The maximum absolute atomic E-state index is 12.3. The van der Waals surface area contributed by atoms with Gasteiger partial charge in [0.25, 0.3) is 0 Å². The van der Waals surface area contributed by atoms with Crippen molar-refractivity contribution < 1.29 is 37.9 Å². The van der Waals surface area contributed by atoms with E-state index in [0.717, 1.165) is 38.0 Å². The van der Waals surface area contributed by atoms with Crippen LogP contribution in [0.15, 0.2) is 0 Å². The minimum Gasteiger partial charge on any atom is -0.462 e. The van der Waals surface area contributed by atoms with Crippen molar-refractivity contribution in [3.63, 3.8) is 0 Å². The van der Waals surface area contributed by atoms with Gasteiger partial charge in [0, 0.05) is 12.8 Å². The van der Waals surface area contributed by atoms with Gasteiger partial charge in [-0.05, 0) is 18.8 Å². The second-order valence-electron chi connectivity index (χ2n) is 13.7. The standard InChI is InChI=1S/C37H73O8P/c1-4-5-6-7-20-24-27-30-36(38)43-32-35(33-44-46(40,41)42)45-37(39)31-28-25-22-19-17-15-13-11-9-8-10-12-14-16-18-21-23-26-29-34(2)3/h34-35H,4-33H2,1-3H3,(H2,40,41,42)/t35-/m1/s1. The predicted octanol–water partition coefficient (Wildman–Crippen LogP) is 11.1. The van der Waals surface area contributed by atoms with Crippen LogP contribution in [0.4, 0.5) is 0 Å². The molecule has 0 unspecified atom stereocenters. The Morgan fingerprint density at radius 3 is 1.30 bits per heavy atom. The summed E-state index contributed by atoms with van der Waals surface area (Å²) in [6.07, 6.45) is 31.4. The third-order valence-electron chi connectivity index (χ3n) is 8.55. The Balaban J connectivity index is 3.78. The molecule has 0 aliphatic carbocycles. The van der Waals surface area contributed by atoms with Crippen molar-refractivity contribution in [1.82, 2.24) is 0 Å². The first-order valence-corrected chi connectivity index (χ1v) is 20.7. The molecule has 9 heteroatoms. The highest BCUT2D eigenvalue weighted by Gasteiger charge is 2.22. The van der Waals surface area contributed by atoms with Crippen LogP contribution in [0, 0.1) is 5.92 Å². The van der Waals surface area contributed by atoms with Gasteiger partial charge < -0.3 is 19.3 Å². The van der Waals surface area contributed by atoms with E-state index < -0.39 is 32.5 Å². The molecule has 0 bridgehead atoms. The Labute approximate surface area is 283 Å². The average Bonchev–Trinajstić information content (AvgIpc) is 3.00. The molecule has 0 aliphatic rings. The number of rotatable bonds is 35. The first-order valence-electron chi connectivity index (χ1n) is 19.2. The van der Waals surface area contributed by atoms with E-state index in [4.69, 9.17) is 19.3 Å². The van der Waals surface area contributed by atoms with E-state index in [1.807, 2.05) is 0 Å². The molecule has 274 valence electrons. The fraction of sp³-hybridized carbons (Fsp3) is 0.946. The van der Waals surface area contributed by atoms with Gasteiger partial charge >= 0.3 is 19.8 Å². The Hall–Kier alpha value is -0.950. The normalized spacial score (nSPS) is 12.5. The smallest absolute Gasteiger partial charge is 0.462 e. The van der Waals surface area contributed by atoms with E-state index >= 15 is 0 Å². The number of carbonyl (C=O) groups excluding carboxylic acids is 2. The first kappa shape index (κ1) is 45.0. The molecule has 0 aromatic rings. The van der Waals surface area contributed by atoms with Crippen LogP contribution in [0.2, 0.25) is 0 Å². The van der Waals surface area contributed by atoms with Crippen molar-refractivity contribution in [2.45, 2.75) is 207 Å². The summed E-state index contributed by atoms with van der Waals surface area (Å²) in [5.74, 6) is -0.0305. The van der Waals surface area contributed by atoms with Crippen molar-refractivity contribution in [2.24, 2.45) is 5.92 Å². The van der Waals surface area contributed by atoms with Gasteiger partial charge in [-0.2, -0.15) is 0 Å². The van der Waals surface area contributed by atoms with Crippen LogP contribution in [-0.2, 0) is 28.2 Å². The fourth-order valence-corrected chi connectivity index (χ4v) is 6.04. The number of ether oxygens (including phenoxy) is 2. The van der Waals surface area contributed by atoms with Crippen LogP contribution >= 0.6 is 7.82 Å². The van der Waals surface area contributed by atoms with E-state index in [1.54, 1.807) is 0 Å². The molecular formula is C37H73O8P. The second kappa shape index (κ2) is 32.6. The summed E-state index contributed by atoms with van der Waals surface area (Å²) in [7, 11) is -4.74. The van der Waals surface area contributed by atoms with Crippen molar-refractivity contribution in [3.8, 4) is 0 Å². The molecule has 2 N–H and O–H groups in total. The lowest BCUT2D eigenvalue weighted by Crippen LogP contribution is -2.29. The molecule has 46 heavy (non-hydrogen) atoms. The van der Waals surface area contributed by atoms with Gasteiger partial charge in [-0.25, -0.2) is 4.57 Å². The number of esters is 2. The van der Waals surface area contributed by atoms with Crippen molar-refractivity contribution in [1.29, 1.82) is 0 Å². The third-order valence-corrected chi connectivity index (χ3v) is 9.04. The highest BCUT2D eigenvalue weighted by molar-refractivity contribution is 7.46. The lowest BCUT2D eigenvalue weighted by Gasteiger charge is -2.18. The summed E-state index contributed by atoms with van der Waals surface area (Å²) in [5.41, 5.74) is 0. The maximum Gasteiger partial charge on any atom is 0.469 e. The zero-order valence-electron chi connectivity index (χ0n) is 30.2. The van der Waals surface area contributed by atoms with Crippen LogP contribution in [0.3, 0.4) is 0 Å². The zero-order chi connectivity index (χ0) is 34.1. The lowest BCUT2D eigenvalue weighted by atomic mass is 10.0. The van der Waals surface area contributed by atoms with Crippen LogP contribution in [0.25, 0.3) is 0 Å². The summed E-state index contributed by atoms with van der Waals surface area (Å²) < 4.78 is 26.2. The van der Waals surface area contributed by atoms with Gasteiger partial charge in [0.2, 0.25) is 0 Å². The number of unbranched alkanes of at least 4 members (excludes halogenated alkanes) is 23. The zero-order valence-corrected chi connectivity index (χ0v) is 31.1. The monoisotopic (exact) mass is 677 g/mol. The van der Waals surface area contributed by atoms with E-state index in [0.29, 0.717) is 6.42 Å². The Kier molecular flexibility index (Phi) is 31.9. The molecule has 0 aliphatic heterocycles. The molecular weight excluding hydrogens is 603 g/mol. The van der Waals surface area contributed by atoms with Gasteiger partial charge in [0.15, 0.2) is 6.10 Å². The summed E-state index contributed by atoms with van der Waals surface area (Å²) in [4.78, 5) is 42.5. The molecule has 0 rings (SSSR count). The van der Waals surface area contributed by atoms with Crippen LogP contribution in [0.5, 0.6) is 0 Å². The minimum absolute atomic E-state index is 0.219. The molecule has 0 aromatic heterocycles. The fourth-order valence-electron chi connectivity index (χ4n) is 5.68. The number of hydrogen-bond acceptors (Lipinski definition) is 6. The Bertz CT molecular complexity index is 739. The van der Waals surface area contributed by atoms with E-state index in [9.17, 15) is 14.2 Å². The van der Waals surface area contributed by atoms with Gasteiger partial charge in [-0.15, -0.1) is 0 Å². The van der Waals surface area contributed by atoms with Crippen molar-refractivity contribution in [2.75, 3.05) is 13.2 Å². The molecule has 0 saturated carbocycles. The van der Waals surface area contributed by atoms with E-state index in [-0.39, 0.29) is 19.4 Å². The Morgan fingerprint density at radius 2 is 0.913 bits per heavy atom. The molecule has 0 aromatic carbocycles. The number of phosphoric ester groups is 1. The molecule has 0 radical (unpaired) electrons. The summed E-state index contributed by atoms with van der Waals surface area (Å²) in [6, 6.07) is 0. The van der Waals surface area contributed by atoms with Gasteiger partial charge in [0.1, 0.15) is 6.61 Å². The molecule has 0 saturated heterocycles. The number of phosphoric acid groups is 1. The van der Waals surface area contributed by atoms with Crippen LogP contribution < -0.4 is 0 Å². The van der Waals surface area contributed by atoms with E-state index in [1.165, 1.54) is 128 Å². The summed E-state index contributed by atoms with van der Waals surface area (Å²) in [5, 5.41) is 0. The number of carbonyl (C=O) groups is 2. The van der Waals surface area contributed by atoms with Crippen LogP contribution in [0.1, 0.15) is 201 Å². The van der Waals surface area contributed by atoms with E-state index in [2.05, 4.69) is 25.3 Å². The SMILES string of the molecule is CCCCCCCCCC(=O)OC[C@H](COP(=O)(O)O)OC(=O)CCCCCCCCCCCCCCCCCCCCC(C)C. The molecule has 8 nitrogen and oxygen atoms in total. The van der Waals surface area contributed by atoms with Crippen molar-refractivity contribution >= 4 is 19.8 Å².